The van der Waals surface area contributed by atoms with Crippen molar-refractivity contribution >= 4 is 29.5 Å². The van der Waals surface area contributed by atoms with Crippen LogP contribution in [0.4, 0.5) is 0 Å². The van der Waals surface area contributed by atoms with Gasteiger partial charge < -0.3 is 14.2 Å². The minimum Gasteiger partial charge on any atom is -0.425 e. The van der Waals surface area contributed by atoms with E-state index in [1.165, 1.54) is 59.3 Å². The Hall–Kier alpha value is -2.08. The van der Waals surface area contributed by atoms with Gasteiger partial charge in [0.1, 0.15) is 5.02 Å². The first-order valence-electron chi connectivity index (χ1n) is 16.8. The molecule has 1 aromatic rings. The quantitative estimate of drug-likeness (QED) is 0.246. The standard InChI is InChI=1S/C37H51ClO6/c1-20(39)42-30-23-19-27-36(8)17-12-25-34(6)15-10-14-33(4,5)24(34)11-16-35(25,7)26(36)13-18-37(27,9)28(23)31(43-21(2)40)32(29(30)38)44-22(3)41/h24-27H,10-19H2,1-9H3/t24?,25?,26?,27-,34-,35+,36-,37-/m0/s1. The van der Waals surface area contributed by atoms with Gasteiger partial charge in [0, 0.05) is 37.3 Å². The summed E-state index contributed by atoms with van der Waals surface area (Å²) in [5, 5.41) is -0.00354. The molecule has 0 amide bonds. The molecule has 0 bridgehead atoms. The average molecular weight is 627 g/mol. The molecule has 0 heterocycles. The number of benzene rings is 1. The third kappa shape index (κ3) is 4.35. The van der Waals surface area contributed by atoms with Gasteiger partial charge in [-0.3, -0.25) is 14.4 Å². The van der Waals surface area contributed by atoms with Gasteiger partial charge in [0.25, 0.3) is 0 Å². The third-order valence-corrected chi connectivity index (χ3v) is 14.4. The van der Waals surface area contributed by atoms with E-state index in [1.807, 2.05) is 0 Å². The van der Waals surface area contributed by atoms with Gasteiger partial charge in [0.05, 0.1) is 0 Å². The molecule has 0 saturated heterocycles. The van der Waals surface area contributed by atoms with Gasteiger partial charge in [-0.1, -0.05) is 59.6 Å². The molecule has 7 heteroatoms. The van der Waals surface area contributed by atoms with Crippen LogP contribution in [0.3, 0.4) is 0 Å². The van der Waals surface area contributed by atoms with E-state index in [9.17, 15) is 14.4 Å². The highest BCUT2D eigenvalue weighted by Crippen LogP contribution is 2.76. The van der Waals surface area contributed by atoms with Gasteiger partial charge >= 0.3 is 17.9 Å². The summed E-state index contributed by atoms with van der Waals surface area (Å²) in [5.74, 6) is 1.04. The van der Waals surface area contributed by atoms with E-state index < -0.39 is 17.9 Å². The maximum absolute atomic E-state index is 12.5. The van der Waals surface area contributed by atoms with Crippen molar-refractivity contribution in [2.75, 3.05) is 0 Å². The van der Waals surface area contributed by atoms with Crippen LogP contribution in [0, 0.1) is 45.3 Å². The summed E-state index contributed by atoms with van der Waals surface area (Å²) in [6.07, 6.45) is 11.6. The lowest BCUT2D eigenvalue weighted by atomic mass is 9.34. The van der Waals surface area contributed by atoms with Gasteiger partial charge in [0.15, 0.2) is 17.2 Å². The summed E-state index contributed by atoms with van der Waals surface area (Å²) in [5.41, 5.74) is 2.28. The van der Waals surface area contributed by atoms with Crippen molar-refractivity contribution in [3.63, 3.8) is 0 Å². The number of halogens is 1. The predicted molar refractivity (Wildman–Crippen MR) is 170 cm³/mol. The van der Waals surface area contributed by atoms with E-state index in [4.69, 9.17) is 25.8 Å². The Morgan fingerprint density at radius 3 is 1.68 bits per heavy atom. The van der Waals surface area contributed by atoms with Crippen LogP contribution in [0.2, 0.25) is 5.02 Å². The number of carbonyl (C=O) groups is 3. The van der Waals surface area contributed by atoms with Crippen LogP contribution in [0.1, 0.15) is 131 Å². The van der Waals surface area contributed by atoms with Crippen LogP contribution in [0.15, 0.2) is 0 Å². The number of hydrogen-bond donors (Lipinski definition) is 0. The lowest BCUT2D eigenvalue weighted by Gasteiger charge is -2.71. The molecule has 1 aromatic carbocycles. The fourth-order valence-corrected chi connectivity index (χ4v) is 13.0. The van der Waals surface area contributed by atoms with Gasteiger partial charge in [-0.05, 0) is 103 Å². The van der Waals surface area contributed by atoms with Crippen molar-refractivity contribution in [3.05, 3.63) is 16.1 Å². The van der Waals surface area contributed by atoms with E-state index in [-0.39, 0.29) is 44.4 Å². The molecule has 0 radical (unpaired) electrons. The number of carbonyl (C=O) groups excluding carboxylic acids is 3. The first-order chi connectivity index (χ1) is 20.4. The molecule has 5 aliphatic carbocycles. The molecule has 3 unspecified atom stereocenters. The molecule has 0 N–H and O–H groups in total. The lowest BCUT2D eigenvalue weighted by Crippen LogP contribution is -2.64. The summed E-state index contributed by atoms with van der Waals surface area (Å²) < 4.78 is 17.3. The van der Waals surface area contributed by atoms with Crippen LogP contribution in [0.25, 0.3) is 0 Å². The number of hydrogen-bond acceptors (Lipinski definition) is 6. The molecule has 8 atom stereocenters. The Labute approximate surface area is 268 Å². The average Bonchev–Trinajstić information content (AvgIpc) is 3.21. The molecule has 4 saturated carbocycles. The lowest BCUT2D eigenvalue weighted by molar-refractivity contribution is -0.216. The first kappa shape index (κ1) is 31.9. The van der Waals surface area contributed by atoms with Crippen molar-refractivity contribution in [2.45, 2.75) is 132 Å². The van der Waals surface area contributed by atoms with Crippen molar-refractivity contribution in [1.29, 1.82) is 0 Å². The Morgan fingerprint density at radius 2 is 1.09 bits per heavy atom. The van der Waals surface area contributed by atoms with Gasteiger partial charge in [0.2, 0.25) is 0 Å². The molecule has 4 fully saturated rings. The van der Waals surface area contributed by atoms with E-state index in [1.54, 1.807) is 0 Å². The van der Waals surface area contributed by atoms with Gasteiger partial charge in [-0.15, -0.1) is 0 Å². The summed E-state index contributed by atoms with van der Waals surface area (Å²) in [6, 6.07) is 0. The zero-order valence-electron chi connectivity index (χ0n) is 28.2. The second kappa shape index (κ2) is 10.2. The molecular weight excluding hydrogens is 576 g/mol. The van der Waals surface area contributed by atoms with Crippen molar-refractivity contribution in [3.8, 4) is 17.2 Å². The summed E-state index contributed by atoms with van der Waals surface area (Å²) in [7, 11) is 0. The van der Waals surface area contributed by atoms with E-state index in [0.29, 0.717) is 29.1 Å². The van der Waals surface area contributed by atoms with Gasteiger partial charge in [-0.25, -0.2) is 0 Å². The number of esters is 3. The summed E-state index contributed by atoms with van der Waals surface area (Å²) in [6.45, 7) is 19.1. The molecule has 44 heavy (non-hydrogen) atoms. The molecule has 6 rings (SSSR count). The fourth-order valence-electron chi connectivity index (χ4n) is 12.8. The second-order valence-corrected chi connectivity index (χ2v) is 17.1. The monoisotopic (exact) mass is 626 g/mol. The number of rotatable bonds is 3. The molecule has 5 aliphatic rings. The normalized spacial score (nSPS) is 40.0. The van der Waals surface area contributed by atoms with E-state index in [0.717, 1.165) is 36.3 Å². The smallest absolute Gasteiger partial charge is 0.308 e. The summed E-state index contributed by atoms with van der Waals surface area (Å²) >= 11 is 6.85. The molecular formula is C37H51ClO6. The maximum atomic E-state index is 12.5. The minimum atomic E-state index is -0.592. The summed E-state index contributed by atoms with van der Waals surface area (Å²) in [4.78, 5) is 37.1. The molecule has 0 aromatic heterocycles. The SMILES string of the molecule is CC(=O)Oc1c(Cl)c(OC(C)=O)c(OC(C)=O)c2c1C[C@H]1[C@@]3(C)CCC4[C@@]5(C)CCCC(C)(C)C5CC[C@@]4(C)C3CC[C@]21C. The number of ether oxygens (including phenoxy) is 3. The highest BCUT2D eigenvalue weighted by Gasteiger charge is 2.69. The first-order valence-corrected chi connectivity index (χ1v) is 17.2. The number of fused-ring (bicyclic) bond motifs is 9. The van der Waals surface area contributed by atoms with Crippen LogP contribution in [-0.4, -0.2) is 17.9 Å². The fraction of sp³-hybridized carbons (Fsp3) is 0.757. The van der Waals surface area contributed by atoms with Crippen LogP contribution in [0.5, 0.6) is 17.2 Å². The van der Waals surface area contributed by atoms with Crippen LogP contribution in [-0.2, 0) is 26.2 Å². The van der Waals surface area contributed by atoms with E-state index >= 15 is 0 Å². The highest BCUT2D eigenvalue weighted by molar-refractivity contribution is 6.34. The largest absolute Gasteiger partial charge is 0.425 e. The topological polar surface area (TPSA) is 78.9 Å². The Kier molecular flexibility index (Phi) is 7.40. The van der Waals surface area contributed by atoms with Crippen LogP contribution < -0.4 is 14.2 Å². The Bertz CT molecular complexity index is 1430. The molecule has 6 nitrogen and oxygen atoms in total. The Morgan fingerprint density at radius 1 is 0.614 bits per heavy atom. The predicted octanol–water partition coefficient (Wildman–Crippen LogP) is 9.00. The molecule has 0 spiro atoms. The highest BCUT2D eigenvalue weighted by atomic mass is 35.5. The molecule has 0 aliphatic heterocycles. The molecule has 242 valence electrons. The van der Waals surface area contributed by atoms with Crippen molar-refractivity contribution < 1.29 is 28.6 Å². The van der Waals surface area contributed by atoms with Crippen molar-refractivity contribution in [2.24, 2.45) is 45.3 Å². The van der Waals surface area contributed by atoms with E-state index in [2.05, 4.69) is 41.5 Å². The van der Waals surface area contributed by atoms with Gasteiger partial charge in [-0.2, -0.15) is 0 Å². The van der Waals surface area contributed by atoms with Crippen LogP contribution >= 0.6 is 11.6 Å². The Balaban J connectivity index is 1.47. The minimum absolute atomic E-state index is 0.00354. The third-order valence-electron chi connectivity index (χ3n) is 14.0. The van der Waals surface area contributed by atoms with Crippen molar-refractivity contribution in [1.82, 2.24) is 0 Å². The maximum Gasteiger partial charge on any atom is 0.308 e. The zero-order valence-corrected chi connectivity index (χ0v) is 29.0. The zero-order chi connectivity index (χ0) is 32.2. The second-order valence-electron chi connectivity index (χ2n) is 16.7.